The number of rotatable bonds is 5. The number of hydrogen-bond donors (Lipinski definition) is 1. The number of nitrogens with zero attached hydrogens (tertiary/aromatic N) is 2. The molecule has 3 aromatic rings. The van der Waals surface area contributed by atoms with Crippen LogP contribution in [-0.2, 0) is 22.7 Å². The van der Waals surface area contributed by atoms with Gasteiger partial charge in [-0.05, 0) is 36.8 Å². The van der Waals surface area contributed by atoms with E-state index in [1.54, 1.807) is 6.92 Å². The van der Waals surface area contributed by atoms with Crippen molar-refractivity contribution >= 4 is 62.1 Å². The van der Waals surface area contributed by atoms with Gasteiger partial charge in [0.2, 0.25) is 0 Å². The Labute approximate surface area is 195 Å². The molecule has 5 nitrogen and oxygen atoms in total. The lowest BCUT2D eigenvalue weighted by atomic mass is 10.1. The van der Waals surface area contributed by atoms with E-state index in [1.165, 1.54) is 22.8 Å². The molecule has 3 rings (SSSR count). The van der Waals surface area contributed by atoms with Gasteiger partial charge in [0, 0.05) is 0 Å². The van der Waals surface area contributed by atoms with Crippen LogP contribution in [0.5, 0.6) is 0 Å². The second-order valence-corrected chi connectivity index (χ2v) is 9.51. The molecule has 1 aromatic heterocycles. The van der Waals surface area contributed by atoms with E-state index in [0.29, 0.717) is 11.9 Å². The highest BCUT2D eigenvalue weighted by molar-refractivity contribution is 7.92. The first-order valence-electron chi connectivity index (χ1n) is 8.36. The van der Waals surface area contributed by atoms with E-state index >= 15 is 0 Å². The van der Waals surface area contributed by atoms with Crippen LogP contribution in [0.3, 0.4) is 0 Å². The number of halogens is 7. The van der Waals surface area contributed by atoms with Gasteiger partial charge in [0.1, 0.15) is 15.9 Å². The van der Waals surface area contributed by atoms with Gasteiger partial charge in [-0.1, -0.05) is 58.5 Å². The van der Waals surface area contributed by atoms with E-state index in [0.717, 1.165) is 12.1 Å². The molecule has 13 heteroatoms. The SMILES string of the molecule is Cc1nc(Cl)c(Cl)n1Cc1ccc(C(F)(F)F)cc1NS(=O)(=O)c1cccc(Cl)c1Cl. The third-order valence-electron chi connectivity index (χ3n) is 4.27. The van der Waals surface area contributed by atoms with Crippen molar-refractivity contribution < 1.29 is 21.6 Å². The molecule has 0 radical (unpaired) electrons. The van der Waals surface area contributed by atoms with Gasteiger partial charge in [-0.3, -0.25) is 4.72 Å². The normalized spacial score (nSPS) is 12.3. The molecule has 0 atom stereocenters. The maximum atomic E-state index is 13.3. The van der Waals surface area contributed by atoms with Crippen LogP contribution in [0.1, 0.15) is 17.0 Å². The van der Waals surface area contributed by atoms with Crippen LogP contribution in [0.15, 0.2) is 41.3 Å². The summed E-state index contributed by atoms with van der Waals surface area (Å²) in [6.07, 6.45) is -4.70. The summed E-state index contributed by atoms with van der Waals surface area (Å²) in [7, 11) is -4.38. The third-order valence-corrected chi connectivity index (χ3v) is 7.36. The molecule has 0 aliphatic rings. The molecule has 0 bridgehead atoms. The Balaban J connectivity index is 2.11. The molecular formula is C18H12Cl4F3N3O2S. The molecule has 0 saturated heterocycles. The number of imidazole rings is 1. The first kappa shape index (κ1) is 24.0. The van der Waals surface area contributed by atoms with E-state index in [1.807, 2.05) is 0 Å². The smallest absolute Gasteiger partial charge is 0.313 e. The van der Waals surface area contributed by atoms with Crippen LogP contribution in [0, 0.1) is 6.92 Å². The van der Waals surface area contributed by atoms with Crippen molar-refractivity contribution in [3.63, 3.8) is 0 Å². The summed E-state index contributed by atoms with van der Waals surface area (Å²) in [5, 5.41) is -0.209. The van der Waals surface area contributed by atoms with E-state index in [-0.39, 0.29) is 43.0 Å². The van der Waals surface area contributed by atoms with Crippen molar-refractivity contribution in [1.29, 1.82) is 0 Å². The van der Waals surface area contributed by atoms with Crippen LogP contribution >= 0.6 is 46.4 Å². The van der Waals surface area contributed by atoms with Gasteiger partial charge in [-0.2, -0.15) is 13.2 Å². The monoisotopic (exact) mass is 531 g/mol. The lowest BCUT2D eigenvalue weighted by molar-refractivity contribution is -0.137. The van der Waals surface area contributed by atoms with E-state index in [9.17, 15) is 21.6 Å². The zero-order valence-corrected chi connectivity index (χ0v) is 19.3. The van der Waals surface area contributed by atoms with Gasteiger partial charge in [-0.15, -0.1) is 0 Å². The summed E-state index contributed by atoms with van der Waals surface area (Å²) in [4.78, 5) is 3.60. The first-order chi connectivity index (χ1) is 14.3. The summed E-state index contributed by atoms with van der Waals surface area (Å²) >= 11 is 23.9. The molecule has 0 spiro atoms. The topological polar surface area (TPSA) is 64.0 Å². The number of benzene rings is 2. The van der Waals surface area contributed by atoms with Gasteiger partial charge in [0.25, 0.3) is 10.0 Å². The van der Waals surface area contributed by atoms with Gasteiger partial charge < -0.3 is 4.57 Å². The Kier molecular flexibility index (Phi) is 6.74. The zero-order chi connectivity index (χ0) is 23.1. The second-order valence-electron chi connectivity index (χ2n) is 6.35. The number of alkyl halides is 3. The number of aromatic nitrogens is 2. The molecule has 31 heavy (non-hydrogen) atoms. The van der Waals surface area contributed by atoms with E-state index < -0.39 is 21.8 Å². The quantitative estimate of drug-likeness (QED) is 0.399. The highest BCUT2D eigenvalue weighted by atomic mass is 35.5. The van der Waals surface area contributed by atoms with E-state index in [2.05, 4.69) is 9.71 Å². The van der Waals surface area contributed by atoms with Crippen molar-refractivity contribution in [2.75, 3.05) is 4.72 Å². The van der Waals surface area contributed by atoms with Crippen molar-refractivity contribution in [1.82, 2.24) is 9.55 Å². The van der Waals surface area contributed by atoms with Crippen LogP contribution in [0.4, 0.5) is 18.9 Å². The number of hydrogen-bond acceptors (Lipinski definition) is 3. The van der Waals surface area contributed by atoms with E-state index in [4.69, 9.17) is 46.4 Å². The highest BCUT2D eigenvalue weighted by Gasteiger charge is 2.32. The average molecular weight is 533 g/mol. The number of anilines is 1. The Morgan fingerprint density at radius 2 is 1.77 bits per heavy atom. The maximum absolute atomic E-state index is 13.3. The van der Waals surface area contributed by atoms with Crippen LogP contribution in [-0.4, -0.2) is 18.0 Å². The molecule has 1 heterocycles. The van der Waals surface area contributed by atoms with Gasteiger partial charge >= 0.3 is 6.18 Å². The van der Waals surface area contributed by atoms with Crippen molar-refractivity contribution in [2.45, 2.75) is 24.5 Å². The van der Waals surface area contributed by atoms with Crippen LogP contribution in [0.25, 0.3) is 0 Å². The standard InChI is InChI=1S/C18H12Cl4F3N3O2S/c1-9-26-16(21)17(22)28(9)8-10-5-6-11(18(23,24)25)7-13(10)27-31(29,30)14-4-2-3-12(19)15(14)20/h2-7,27H,8H2,1H3. The molecule has 0 unspecified atom stereocenters. The fourth-order valence-electron chi connectivity index (χ4n) is 2.73. The highest BCUT2D eigenvalue weighted by Crippen LogP contribution is 2.35. The molecule has 166 valence electrons. The number of nitrogens with one attached hydrogen (secondary N) is 1. The third kappa shape index (κ3) is 5.06. The Hall–Kier alpha value is -1.65. The number of sulfonamides is 1. The van der Waals surface area contributed by atoms with Crippen molar-refractivity contribution in [2.24, 2.45) is 0 Å². The van der Waals surface area contributed by atoms with Crippen LogP contribution < -0.4 is 4.72 Å². The van der Waals surface area contributed by atoms with Crippen molar-refractivity contribution in [3.8, 4) is 0 Å². The number of aryl methyl sites for hydroxylation is 1. The molecule has 2 aromatic carbocycles. The summed E-state index contributed by atoms with van der Waals surface area (Å²) < 4.78 is 69.1. The summed E-state index contributed by atoms with van der Waals surface area (Å²) in [5.74, 6) is 0.390. The van der Waals surface area contributed by atoms with Gasteiger partial charge in [-0.25, -0.2) is 13.4 Å². The largest absolute Gasteiger partial charge is 0.416 e. The maximum Gasteiger partial charge on any atom is 0.416 e. The molecule has 0 amide bonds. The predicted octanol–water partition coefficient (Wildman–Crippen LogP) is 6.67. The predicted molar refractivity (Wildman–Crippen MR) is 115 cm³/mol. The summed E-state index contributed by atoms with van der Waals surface area (Å²) in [6.45, 7) is 1.50. The molecule has 0 aliphatic carbocycles. The van der Waals surface area contributed by atoms with Crippen LogP contribution in [0.2, 0.25) is 20.4 Å². The average Bonchev–Trinajstić information content (AvgIpc) is 2.90. The Morgan fingerprint density at radius 3 is 2.35 bits per heavy atom. The fourth-order valence-corrected chi connectivity index (χ4v) is 5.04. The zero-order valence-electron chi connectivity index (χ0n) is 15.4. The van der Waals surface area contributed by atoms with Gasteiger partial charge in [0.05, 0.1) is 27.8 Å². The van der Waals surface area contributed by atoms with Crippen molar-refractivity contribution in [3.05, 3.63) is 73.7 Å². The van der Waals surface area contributed by atoms with Gasteiger partial charge in [0.15, 0.2) is 5.15 Å². The Bertz CT molecular complexity index is 1260. The molecule has 0 fully saturated rings. The molecule has 0 aliphatic heterocycles. The summed E-state index contributed by atoms with van der Waals surface area (Å²) in [5.41, 5.74) is -1.17. The minimum Gasteiger partial charge on any atom is -0.313 e. The molecule has 1 N–H and O–H groups in total. The minimum absolute atomic E-state index is 0.0129. The Morgan fingerprint density at radius 1 is 1.10 bits per heavy atom. The lowest BCUT2D eigenvalue weighted by Gasteiger charge is -2.17. The minimum atomic E-state index is -4.70. The first-order valence-corrected chi connectivity index (χ1v) is 11.4. The molecule has 0 saturated carbocycles. The molecular weight excluding hydrogens is 521 g/mol. The fraction of sp³-hybridized carbons (Fsp3) is 0.167. The second kappa shape index (κ2) is 8.71. The summed E-state index contributed by atoms with van der Waals surface area (Å²) in [6, 6.07) is 6.58. The lowest BCUT2D eigenvalue weighted by Crippen LogP contribution is -2.17.